The van der Waals surface area contributed by atoms with Gasteiger partial charge in [0.15, 0.2) is 5.96 Å². The van der Waals surface area contributed by atoms with Gasteiger partial charge in [0.1, 0.15) is 0 Å². The van der Waals surface area contributed by atoms with Gasteiger partial charge in [-0.25, -0.2) is 0 Å². The summed E-state index contributed by atoms with van der Waals surface area (Å²) in [4.78, 5) is 32.0. The average molecular weight is 494 g/mol. The Balaban J connectivity index is 0.00000280. The van der Waals surface area contributed by atoms with Crippen molar-refractivity contribution in [3.63, 3.8) is 0 Å². The van der Waals surface area contributed by atoms with E-state index in [0.29, 0.717) is 24.6 Å². The quantitative estimate of drug-likeness (QED) is 0.289. The molecule has 1 unspecified atom stereocenters. The summed E-state index contributed by atoms with van der Waals surface area (Å²) in [6.07, 6.45) is 3.63. The smallest absolute Gasteiger partial charge is 0.243 e. The molecule has 0 saturated carbocycles. The lowest BCUT2D eigenvalue weighted by Crippen LogP contribution is -2.43. The first kappa shape index (κ1) is 21.6. The van der Waals surface area contributed by atoms with E-state index in [0.717, 1.165) is 11.3 Å². The van der Waals surface area contributed by atoms with Crippen LogP contribution in [0.1, 0.15) is 17.9 Å². The third kappa shape index (κ3) is 5.91. The molecule has 0 radical (unpaired) electrons. The van der Waals surface area contributed by atoms with Crippen molar-refractivity contribution in [2.24, 2.45) is 4.99 Å². The number of para-hydroxylation sites is 1. The van der Waals surface area contributed by atoms with Crippen LogP contribution in [-0.2, 0) is 9.59 Å². The fourth-order valence-corrected chi connectivity index (χ4v) is 2.93. The fraction of sp³-hybridized carbons (Fsp3) is 0.263. The van der Waals surface area contributed by atoms with Gasteiger partial charge in [0, 0.05) is 37.8 Å². The molecule has 9 heteroatoms. The molecule has 0 spiro atoms. The van der Waals surface area contributed by atoms with Crippen molar-refractivity contribution in [3.05, 3.63) is 54.4 Å². The Labute approximate surface area is 180 Å². The molecule has 8 nitrogen and oxygen atoms in total. The maximum Gasteiger partial charge on any atom is 0.243 e. The molecule has 4 N–H and O–H groups in total. The Morgan fingerprint density at radius 3 is 2.82 bits per heavy atom. The molecule has 0 aliphatic carbocycles. The summed E-state index contributed by atoms with van der Waals surface area (Å²) in [6.45, 7) is 0.602. The fourth-order valence-electron chi connectivity index (χ4n) is 2.93. The van der Waals surface area contributed by atoms with Gasteiger partial charge in [-0.2, -0.15) is 0 Å². The van der Waals surface area contributed by atoms with Crippen LogP contribution in [0.25, 0.3) is 0 Å². The molecular weight excluding hydrogens is 471 g/mol. The lowest BCUT2D eigenvalue weighted by Gasteiger charge is -2.26. The van der Waals surface area contributed by atoms with Gasteiger partial charge >= 0.3 is 0 Å². The highest BCUT2D eigenvalue weighted by molar-refractivity contribution is 14.0. The predicted octanol–water partition coefficient (Wildman–Crippen LogP) is 1.93. The number of benzene rings is 1. The topological polar surface area (TPSA) is 108 Å². The number of pyridine rings is 1. The van der Waals surface area contributed by atoms with E-state index in [-0.39, 0.29) is 48.3 Å². The van der Waals surface area contributed by atoms with Crippen LogP contribution in [0.2, 0.25) is 0 Å². The largest absolute Gasteiger partial charge is 0.356 e. The molecule has 1 atom stereocenters. The van der Waals surface area contributed by atoms with Crippen molar-refractivity contribution >= 4 is 53.1 Å². The minimum Gasteiger partial charge on any atom is -0.356 e. The van der Waals surface area contributed by atoms with Gasteiger partial charge in [-0.15, -0.1) is 24.0 Å². The Bertz CT molecular complexity index is 843. The summed E-state index contributed by atoms with van der Waals surface area (Å²) >= 11 is 0. The van der Waals surface area contributed by atoms with Crippen LogP contribution in [0.5, 0.6) is 0 Å². The summed E-state index contributed by atoms with van der Waals surface area (Å²) in [5.41, 5.74) is 2.57. The number of guanidine groups is 1. The molecule has 28 heavy (non-hydrogen) atoms. The normalized spacial score (nSPS) is 15.5. The summed E-state index contributed by atoms with van der Waals surface area (Å²) in [5, 5.41) is 11.8. The number of hydrogen-bond acceptors (Lipinski definition) is 4. The Morgan fingerprint density at radius 2 is 2.07 bits per heavy atom. The maximum absolute atomic E-state index is 12.0. The second kappa shape index (κ2) is 10.6. The molecule has 0 bridgehead atoms. The second-order valence-corrected chi connectivity index (χ2v) is 6.13. The Hall–Kier alpha value is -2.69. The average Bonchev–Trinajstić information content (AvgIpc) is 2.68. The first-order valence-electron chi connectivity index (χ1n) is 8.69. The van der Waals surface area contributed by atoms with E-state index in [1.807, 2.05) is 24.3 Å². The van der Waals surface area contributed by atoms with Gasteiger partial charge in [-0.3, -0.25) is 19.6 Å². The maximum atomic E-state index is 12.0. The molecule has 1 aliphatic heterocycles. The molecule has 0 saturated heterocycles. The standard InChI is InChI=1S/C19H22N6O2.HI/c1-20-19(23-12-18(27)24-14-5-4-8-21-11-14)22-10-13-9-17(26)25-16-7-3-2-6-15(13)16;/h2-8,11,13H,9-10,12H2,1H3,(H,24,27)(H,25,26)(H2,20,22,23);1H. The van der Waals surface area contributed by atoms with Gasteiger partial charge in [0.05, 0.1) is 18.4 Å². The van der Waals surface area contributed by atoms with E-state index < -0.39 is 0 Å². The molecule has 2 aromatic rings. The number of hydrogen-bond donors (Lipinski definition) is 4. The van der Waals surface area contributed by atoms with Crippen molar-refractivity contribution in [1.82, 2.24) is 15.6 Å². The van der Waals surface area contributed by atoms with Gasteiger partial charge in [0.25, 0.3) is 0 Å². The van der Waals surface area contributed by atoms with Crippen LogP contribution >= 0.6 is 24.0 Å². The monoisotopic (exact) mass is 494 g/mol. The van der Waals surface area contributed by atoms with Crippen LogP contribution in [0.15, 0.2) is 53.8 Å². The zero-order valence-corrected chi connectivity index (χ0v) is 17.8. The van der Waals surface area contributed by atoms with Crippen molar-refractivity contribution in [3.8, 4) is 0 Å². The van der Waals surface area contributed by atoms with Crippen LogP contribution in [-0.4, -0.2) is 42.9 Å². The predicted molar refractivity (Wildman–Crippen MR) is 120 cm³/mol. The first-order valence-corrected chi connectivity index (χ1v) is 8.69. The highest BCUT2D eigenvalue weighted by Crippen LogP contribution is 2.31. The minimum absolute atomic E-state index is 0. The summed E-state index contributed by atoms with van der Waals surface area (Å²) in [5.74, 6) is 0.338. The first-order chi connectivity index (χ1) is 13.2. The molecule has 0 fully saturated rings. The molecule has 1 aromatic heterocycles. The number of anilines is 2. The van der Waals surface area contributed by atoms with Gasteiger partial charge < -0.3 is 21.3 Å². The zero-order valence-electron chi connectivity index (χ0n) is 15.4. The summed E-state index contributed by atoms with van der Waals surface area (Å²) in [6, 6.07) is 11.3. The Morgan fingerprint density at radius 1 is 1.25 bits per heavy atom. The molecular formula is C19H23IN6O2. The number of amides is 2. The van der Waals surface area contributed by atoms with Crippen LogP contribution in [0.4, 0.5) is 11.4 Å². The number of aliphatic imine (C=N–C) groups is 1. The number of aromatic nitrogens is 1. The molecule has 1 aromatic carbocycles. The number of nitrogens with one attached hydrogen (secondary N) is 4. The van der Waals surface area contributed by atoms with E-state index in [4.69, 9.17) is 0 Å². The molecule has 3 rings (SSSR count). The van der Waals surface area contributed by atoms with Crippen LogP contribution in [0, 0.1) is 0 Å². The third-order valence-corrected chi connectivity index (χ3v) is 4.21. The number of halogens is 1. The van der Waals surface area contributed by atoms with Crippen molar-refractivity contribution in [2.75, 3.05) is 30.8 Å². The van der Waals surface area contributed by atoms with Gasteiger partial charge in [0.2, 0.25) is 11.8 Å². The number of nitrogens with zero attached hydrogens (tertiary/aromatic N) is 2. The van der Waals surface area contributed by atoms with Gasteiger partial charge in [-0.05, 0) is 23.8 Å². The lowest BCUT2D eigenvalue weighted by molar-refractivity contribution is -0.117. The van der Waals surface area contributed by atoms with E-state index in [2.05, 4.69) is 31.2 Å². The van der Waals surface area contributed by atoms with Crippen molar-refractivity contribution in [2.45, 2.75) is 12.3 Å². The Kier molecular flexibility index (Phi) is 8.18. The van der Waals surface area contributed by atoms with E-state index in [9.17, 15) is 9.59 Å². The number of rotatable bonds is 5. The van der Waals surface area contributed by atoms with Gasteiger partial charge in [-0.1, -0.05) is 18.2 Å². The van der Waals surface area contributed by atoms with E-state index in [1.165, 1.54) is 0 Å². The minimum atomic E-state index is -0.201. The third-order valence-electron chi connectivity index (χ3n) is 4.21. The van der Waals surface area contributed by atoms with E-state index >= 15 is 0 Å². The molecule has 2 amide bonds. The zero-order chi connectivity index (χ0) is 19.1. The van der Waals surface area contributed by atoms with Crippen LogP contribution in [0.3, 0.4) is 0 Å². The summed E-state index contributed by atoms with van der Waals surface area (Å²) < 4.78 is 0. The van der Waals surface area contributed by atoms with Crippen molar-refractivity contribution in [1.29, 1.82) is 0 Å². The lowest BCUT2D eigenvalue weighted by atomic mass is 9.90. The second-order valence-electron chi connectivity index (χ2n) is 6.13. The number of fused-ring (bicyclic) bond motifs is 1. The molecule has 1 aliphatic rings. The van der Waals surface area contributed by atoms with Crippen LogP contribution < -0.4 is 21.3 Å². The summed E-state index contributed by atoms with van der Waals surface area (Å²) in [7, 11) is 1.63. The molecule has 2 heterocycles. The number of carbonyl (C=O) groups is 2. The van der Waals surface area contributed by atoms with Crippen molar-refractivity contribution < 1.29 is 9.59 Å². The highest BCUT2D eigenvalue weighted by Gasteiger charge is 2.24. The molecule has 148 valence electrons. The number of carbonyl (C=O) groups excluding carboxylic acids is 2. The highest BCUT2D eigenvalue weighted by atomic mass is 127. The SMILES string of the molecule is CN=C(NCC(=O)Nc1cccnc1)NCC1CC(=O)Nc2ccccc21.I. The van der Waals surface area contributed by atoms with E-state index in [1.54, 1.807) is 31.6 Å².